The van der Waals surface area contributed by atoms with Crippen LogP contribution < -0.4 is 0 Å². The summed E-state index contributed by atoms with van der Waals surface area (Å²) in [5.74, 6) is 0.444. The van der Waals surface area contributed by atoms with Crippen molar-refractivity contribution in [3.05, 3.63) is 12.2 Å². The molecule has 98 valence electrons. The fourth-order valence-corrected chi connectivity index (χ4v) is 2.90. The van der Waals surface area contributed by atoms with E-state index in [9.17, 15) is 4.79 Å². The van der Waals surface area contributed by atoms with Gasteiger partial charge in [0.2, 0.25) is 0 Å². The van der Waals surface area contributed by atoms with E-state index < -0.39 is 0 Å². The van der Waals surface area contributed by atoms with Gasteiger partial charge in [-0.05, 0) is 38.5 Å². The molecule has 2 nitrogen and oxygen atoms in total. The molecule has 1 saturated carbocycles. The predicted octanol–water partition coefficient (Wildman–Crippen LogP) is 4.10. The van der Waals surface area contributed by atoms with Gasteiger partial charge < -0.3 is 4.74 Å². The van der Waals surface area contributed by atoms with E-state index in [1.807, 2.05) is 0 Å². The van der Waals surface area contributed by atoms with Crippen molar-refractivity contribution in [2.75, 3.05) is 0 Å². The Morgan fingerprint density at radius 2 is 2.00 bits per heavy atom. The Hall–Kier alpha value is -0.790. The van der Waals surface area contributed by atoms with E-state index in [1.54, 1.807) is 0 Å². The second-order valence-electron chi connectivity index (χ2n) is 5.90. The standard InChI is InChI=1S/C15H26O2/c1-6-7-8-9-13-10-11-15(5,14(13,3)4)17-12(2)16/h7-8,13H,6,9-11H2,1-5H3. The van der Waals surface area contributed by atoms with E-state index in [1.165, 1.54) is 6.92 Å². The van der Waals surface area contributed by atoms with Gasteiger partial charge in [-0.3, -0.25) is 4.79 Å². The molecule has 0 N–H and O–H groups in total. The molecule has 0 aromatic carbocycles. The van der Waals surface area contributed by atoms with Crippen LogP contribution in [0.2, 0.25) is 0 Å². The lowest BCUT2D eigenvalue weighted by Crippen LogP contribution is -2.43. The zero-order valence-corrected chi connectivity index (χ0v) is 11.9. The molecule has 2 atom stereocenters. The highest BCUT2D eigenvalue weighted by molar-refractivity contribution is 5.66. The molecular weight excluding hydrogens is 212 g/mol. The molecule has 0 aromatic rings. The third-order valence-corrected chi connectivity index (χ3v) is 4.55. The van der Waals surface area contributed by atoms with Crippen LogP contribution in [0, 0.1) is 11.3 Å². The Labute approximate surface area is 105 Å². The van der Waals surface area contributed by atoms with Gasteiger partial charge in [0.05, 0.1) is 0 Å². The molecule has 0 bridgehead atoms. The lowest BCUT2D eigenvalue weighted by Gasteiger charge is -2.40. The Kier molecular flexibility index (Phi) is 4.40. The van der Waals surface area contributed by atoms with Crippen molar-refractivity contribution < 1.29 is 9.53 Å². The third-order valence-electron chi connectivity index (χ3n) is 4.55. The fraction of sp³-hybridized carbons (Fsp3) is 0.800. The van der Waals surface area contributed by atoms with Crippen LogP contribution in [0.25, 0.3) is 0 Å². The zero-order valence-electron chi connectivity index (χ0n) is 11.9. The first-order chi connectivity index (χ1) is 7.83. The number of allylic oxidation sites excluding steroid dienone is 2. The molecule has 0 saturated heterocycles. The molecule has 1 aliphatic carbocycles. The first kappa shape index (κ1) is 14.3. The third kappa shape index (κ3) is 2.91. The van der Waals surface area contributed by atoms with E-state index in [2.05, 4.69) is 39.8 Å². The van der Waals surface area contributed by atoms with Gasteiger partial charge in [0.25, 0.3) is 0 Å². The number of carbonyl (C=O) groups is 1. The minimum Gasteiger partial charge on any atom is -0.459 e. The summed E-state index contributed by atoms with van der Waals surface area (Å²) in [5.41, 5.74) is -0.250. The summed E-state index contributed by atoms with van der Waals surface area (Å²) in [6.45, 7) is 10.2. The van der Waals surface area contributed by atoms with Crippen molar-refractivity contribution in [3.63, 3.8) is 0 Å². The van der Waals surface area contributed by atoms with Crippen LogP contribution in [0.1, 0.15) is 60.3 Å². The van der Waals surface area contributed by atoms with Crippen LogP contribution in [0.4, 0.5) is 0 Å². The first-order valence-corrected chi connectivity index (χ1v) is 6.68. The van der Waals surface area contributed by atoms with Crippen LogP contribution in [0.5, 0.6) is 0 Å². The normalized spacial score (nSPS) is 31.9. The molecular formula is C15H26O2. The summed E-state index contributed by atoms with van der Waals surface area (Å²) >= 11 is 0. The number of carbonyl (C=O) groups excluding carboxylic acids is 1. The lowest BCUT2D eigenvalue weighted by atomic mass is 9.72. The summed E-state index contributed by atoms with van der Waals surface area (Å²) in [6, 6.07) is 0. The largest absolute Gasteiger partial charge is 0.459 e. The van der Waals surface area contributed by atoms with Crippen molar-refractivity contribution in [1.29, 1.82) is 0 Å². The molecule has 0 aliphatic heterocycles. The molecule has 1 fully saturated rings. The van der Waals surface area contributed by atoms with E-state index in [-0.39, 0.29) is 17.0 Å². The summed E-state index contributed by atoms with van der Waals surface area (Å²) in [4.78, 5) is 11.2. The van der Waals surface area contributed by atoms with E-state index in [0.717, 1.165) is 25.7 Å². The van der Waals surface area contributed by atoms with Crippen molar-refractivity contribution in [3.8, 4) is 0 Å². The molecule has 0 amide bonds. The lowest BCUT2D eigenvalue weighted by molar-refractivity contribution is -0.166. The van der Waals surface area contributed by atoms with Gasteiger partial charge in [-0.25, -0.2) is 0 Å². The van der Waals surface area contributed by atoms with Crippen molar-refractivity contribution in [1.82, 2.24) is 0 Å². The monoisotopic (exact) mass is 238 g/mol. The Morgan fingerprint density at radius 3 is 2.53 bits per heavy atom. The molecule has 0 aromatic heterocycles. The number of hydrogen-bond donors (Lipinski definition) is 0. The van der Waals surface area contributed by atoms with Crippen LogP contribution in [0.15, 0.2) is 12.2 Å². The van der Waals surface area contributed by atoms with Gasteiger partial charge in [0, 0.05) is 12.3 Å². The SMILES string of the molecule is CCC=CCC1CCC(C)(OC(C)=O)C1(C)C. The van der Waals surface area contributed by atoms with Crippen molar-refractivity contribution >= 4 is 5.97 Å². The molecule has 0 radical (unpaired) electrons. The Bertz CT molecular complexity index is 304. The molecule has 2 heteroatoms. The Morgan fingerprint density at radius 1 is 1.35 bits per heavy atom. The molecule has 17 heavy (non-hydrogen) atoms. The molecule has 1 aliphatic rings. The number of ether oxygens (including phenoxy) is 1. The highest BCUT2D eigenvalue weighted by Gasteiger charge is 2.53. The average Bonchev–Trinajstić information content (AvgIpc) is 2.40. The van der Waals surface area contributed by atoms with Gasteiger partial charge in [-0.1, -0.05) is 32.9 Å². The van der Waals surface area contributed by atoms with Gasteiger partial charge in [0.1, 0.15) is 5.60 Å². The number of hydrogen-bond acceptors (Lipinski definition) is 2. The van der Waals surface area contributed by atoms with Crippen LogP contribution in [-0.2, 0) is 9.53 Å². The van der Waals surface area contributed by atoms with E-state index in [0.29, 0.717) is 5.92 Å². The second-order valence-corrected chi connectivity index (χ2v) is 5.90. The quantitative estimate of drug-likeness (QED) is 0.544. The molecule has 0 spiro atoms. The number of rotatable bonds is 4. The maximum atomic E-state index is 11.2. The highest BCUT2D eigenvalue weighted by Crippen LogP contribution is 2.53. The second kappa shape index (κ2) is 5.24. The minimum atomic E-state index is -0.302. The summed E-state index contributed by atoms with van der Waals surface area (Å²) in [7, 11) is 0. The molecule has 2 unspecified atom stereocenters. The van der Waals surface area contributed by atoms with Crippen LogP contribution in [0.3, 0.4) is 0 Å². The summed E-state index contributed by atoms with van der Waals surface area (Å²) in [6.07, 6.45) is 8.80. The smallest absolute Gasteiger partial charge is 0.303 e. The summed E-state index contributed by atoms with van der Waals surface area (Å²) in [5, 5.41) is 0. The number of esters is 1. The summed E-state index contributed by atoms with van der Waals surface area (Å²) < 4.78 is 5.59. The van der Waals surface area contributed by atoms with Gasteiger partial charge in [-0.2, -0.15) is 0 Å². The fourth-order valence-electron chi connectivity index (χ4n) is 2.90. The Balaban J connectivity index is 2.74. The van der Waals surface area contributed by atoms with E-state index in [4.69, 9.17) is 4.74 Å². The maximum Gasteiger partial charge on any atom is 0.303 e. The first-order valence-electron chi connectivity index (χ1n) is 6.68. The zero-order chi connectivity index (χ0) is 13.1. The van der Waals surface area contributed by atoms with Gasteiger partial charge in [0.15, 0.2) is 0 Å². The highest BCUT2D eigenvalue weighted by atomic mass is 16.6. The van der Waals surface area contributed by atoms with Gasteiger partial charge >= 0.3 is 5.97 Å². The van der Waals surface area contributed by atoms with Crippen molar-refractivity contribution in [2.24, 2.45) is 11.3 Å². The maximum absolute atomic E-state index is 11.2. The molecule has 1 rings (SSSR count). The minimum absolute atomic E-state index is 0.0523. The van der Waals surface area contributed by atoms with Crippen molar-refractivity contribution in [2.45, 2.75) is 65.9 Å². The average molecular weight is 238 g/mol. The van der Waals surface area contributed by atoms with Crippen LogP contribution >= 0.6 is 0 Å². The van der Waals surface area contributed by atoms with Crippen LogP contribution in [-0.4, -0.2) is 11.6 Å². The van der Waals surface area contributed by atoms with Gasteiger partial charge in [-0.15, -0.1) is 0 Å². The molecule has 0 heterocycles. The van der Waals surface area contributed by atoms with E-state index >= 15 is 0 Å². The topological polar surface area (TPSA) is 26.3 Å². The predicted molar refractivity (Wildman–Crippen MR) is 70.7 cm³/mol.